The lowest BCUT2D eigenvalue weighted by Gasteiger charge is -2.17. The Morgan fingerprint density at radius 1 is 0.857 bits per heavy atom. The van der Waals surface area contributed by atoms with Crippen molar-refractivity contribution in [1.29, 1.82) is 0 Å². The van der Waals surface area contributed by atoms with Crippen LogP contribution in [-0.4, -0.2) is 33.0 Å². The summed E-state index contributed by atoms with van der Waals surface area (Å²) in [5.74, 6) is -2.74. The number of hydrogen-bond acceptors (Lipinski definition) is 6. The molecule has 2 aromatic carbocycles. The predicted octanol–water partition coefficient (Wildman–Crippen LogP) is 7.84. The summed E-state index contributed by atoms with van der Waals surface area (Å²) in [4.78, 5) is 19.7. The van der Waals surface area contributed by atoms with Gasteiger partial charge in [0.15, 0.2) is 17.5 Å². The number of aromatic nitrogens is 4. The molecule has 0 amide bonds. The highest BCUT2D eigenvalue weighted by Crippen LogP contribution is 2.38. The maximum absolute atomic E-state index is 14.8. The van der Waals surface area contributed by atoms with E-state index in [1.165, 1.54) is 30.5 Å². The number of hydrogen-bond donors (Lipinski definition) is 1. The van der Waals surface area contributed by atoms with Crippen LogP contribution in [0.2, 0.25) is 0 Å². The van der Waals surface area contributed by atoms with E-state index >= 15 is 0 Å². The molecule has 0 aliphatic carbocycles. The number of halogens is 6. The van der Waals surface area contributed by atoms with Crippen molar-refractivity contribution in [2.75, 3.05) is 23.3 Å². The van der Waals surface area contributed by atoms with Gasteiger partial charge in [0.1, 0.15) is 17.5 Å². The summed E-state index contributed by atoms with van der Waals surface area (Å²) in [5, 5.41) is 2.93. The number of nitrogens with zero attached hydrogens (tertiary/aromatic N) is 5. The van der Waals surface area contributed by atoms with Crippen LogP contribution in [0.5, 0.6) is 0 Å². The van der Waals surface area contributed by atoms with Gasteiger partial charge in [0.05, 0.1) is 22.5 Å². The van der Waals surface area contributed by atoms with Crippen molar-refractivity contribution >= 4 is 28.2 Å². The first-order chi connectivity index (χ1) is 20.1. The molecule has 1 saturated heterocycles. The summed E-state index contributed by atoms with van der Waals surface area (Å²) < 4.78 is 84.7. The van der Waals surface area contributed by atoms with Crippen LogP contribution in [0.4, 0.5) is 43.7 Å². The van der Waals surface area contributed by atoms with Crippen molar-refractivity contribution in [3.05, 3.63) is 89.5 Å². The molecule has 0 spiro atoms. The molecule has 5 aromatic rings. The molecule has 0 unspecified atom stereocenters. The Balaban J connectivity index is 1.50. The van der Waals surface area contributed by atoms with Gasteiger partial charge in [0.2, 0.25) is 0 Å². The van der Waals surface area contributed by atoms with Gasteiger partial charge < -0.3 is 10.2 Å². The monoisotopic (exact) mass is 580 g/mol. The second kappa shape index (κ2) is 10.6. The first-order valence-electron chi connectivity index (χ1n) is 13.1. The highest BCUT2D eigenvalue weighted by molar-refractivity contribution is 5.94. The maximum Gasteiger partial charge on any atom is 0.418 e. The lowest BCUT2D eigenvalue weighted by molar-refractivity contribution is -0.137. The topological polar surface area (TPSA) is 66.8 Å². The van der Waals surface area contributed by atoms with Gasteiger partial charge >= 0.3 is 6.18 Å². The summed E-state index contributed by atoms with van der Waals surface area (Å²) in [6, 6.07) is 10.7. The van der Waals surface area contributed by atoms with Crippen molar-refractivity contribution in [3.8, 4) is 22.6 Å². The van der Waals surface area contributed by atoms with E-state index in [2.05, 4.69) is 30.2 Å². The first kappa shape index (κ1) is 27.4. The van der Waals surface area contributed by atoms with E-state index in [4.69, 9.17) is 0 Å². The SMILES string of the molecule is Cc1c(F)cc(Nc2nc(-c3ccc(N4CCCC4)nc3)nc3cc(-c4ncccc4C(F)(F)F)ccc23)c(F)c1F. The van der Waals surface area contributed by atoms with Crippen molar-refractivity contribution in [2.45, 2.75) is 25.9 Å². The second-order valence-electron chi connectivity index (χ2n) is 9.91. The van der Waals surface area contributed by atoms with E-state index in [1.54, 1.807) is 12.3 Å². The number of alkyl halides is 3. The Labute approximate surface area is 236 Å². The third-order valence-electron chi connectivity index (χ3n) is 7.16. The van der Waals surface area contributed by atoms with E-state index in [0.717, 1.165) is 50.8 Å². The van der Waals surface area contributed by atoms with Gasteiger partial charge in [-0.3, -0.25) is 4.98 Å². The van der Waals surface area contributed by atoms with E-state index in [1.807, 2.05) is 6.07 Å². The number of benzene rings is 2. The first-order valence-corrected chi connectivity index (χ1v) is 13.1. The van der Waals surface area contributed by atoms with Crippen molar-refractivity contribution in [1.82, 2.24) is 19.9 Å². The Morgan fingerprint density at radius 3 is 2.33 bits per heavy atom. The molecule has 1 aliphatic heterocycles. The van der Waals surface area contributed by atoms with Crippen LogP contribution in [0, 0.1) is 24.4 Å². The fourth-order valence-electron chi connectivity index (χ4n) is 4.92. The summed E-state index contributed by atoms with van der Waals surface area (Å²) in [6.07, 6.45) is 0.302. The minimum absolute atomic E-state index is 0.0104. The van der Waals surface area contributed by atoms with Gasteiger partial charge in [-0.2, -0.15) is 13.2 Å². The molecule has 12 heteroatoms. The van der Waals surface area contributed by atoms with E-state index in [-0.39, 0.29) is 33.8 Å². The minimum Gasteiger partial charge on any atom is -0.357 e. The summed E-state index contributed by atoms with van der Waals surface area (Å²) in [7, 11) is 0. The fourth-order valence-corrected chi connectivity index (χ4v) is 4.92. The van der Waals surface area contributed by atoms with Crippen molar-refractivity contribution in [2.24, 2.45) is 0 Å². The summed E-state index contributed by atoms with van der Waals surface area (Å²) in [5.41, 5.74) is -1.40. The van der Waals surface area contributed by atoms with E-state index < -0.39 is 40.4 Å². The zero-order valence-electron chi connectivity index (χ0n) is 22.1. The largest absolute Gasteiger partial charge is 0.418 e. The van der Waals surface area contributed by atoms with Gasteiger partial charge in [-0.05, 0) is 56.2 Å². The van der Waals surface area contributed by atoms with Crippen LogP contribution in [0.15, 0.2) is 60.9 Å². The van der Waals surface area contributed by atoms with Crippen LogP contribution < -0.4 is 10.2 Å². The van der Waals surface area contributed by atoms with E-state index in [0.29, 0.717) is 5.56 Å². The third kappa shape index (κ3) is 5.08. The summed E-state index contributed by atoms with van der Waals surface area (Å²) in [6.45, 7) is 2.89. The van der Waals surface area contributed by atoms with Gasteiger partial charge in [0, 0.05) is 53.6 Å². The molecule has 0 bridgehead atoms. The molecule has 0 radical (unpaired) electrons. The van der Waals surface area contributed by atoms with Gasteiger partial charge in [-0.15, -0.1) is 0 Å². The molecule has 42 heavy (non-hydrogen) atoms. The van der Waals surface area contributed by atoms with Crippen LogP contribution in [-0.2, 0) is 6.18 Å². The summed E-state index contributed by atoms with van der Waals surface area (Å²) >= 11 is 0. The van der Waals surface area contributed by atoms with Gasteiger partial charge in [-0.25, -0.2) is 28.1 Å². The molecule has 4 heterocycles. The molecule has 0 atom stereocenters. The Hall–Kier alpha value is -4.74. The number of fused-ring (bicyclic) bond motifs is 1. The second-order valence-corrected chi connectivity index (χ2v) is 9.91. The smallest absolute Gasteiger partial charge is 0.357 e. The highest BCUT2D eigenvalue weighted by atomic mass is 19.4. The average Bonchev–Trinajstić information content (AvgIpc) is 3.53. The predicted molar refractivity (Wildman–Crippen MR) is 147 cm³/mol. The Kier molecular flexibility index (Phi) is 6.91. The molecule has 3 aromatic heterocycles. The van der Waals surface area contributed by atoms with Gasteiger partial charge in [0.25, 0.3) is 0 Å². The standard InChI is InChI=1S/C30H22F6N6/c1-16-21(31)14-23(26(33)25(16)32)40-29-19-8-6-17(27-20(30(34,35)36)5-4-10-37-27)13-22(19)39-28(41-29)18-7-9-24(38-15-18)42-11-2-3-12-42/h4-10,13-15H,2-3,11-12H2,1H3,(H,39,40,41). The lowest BCUT2D eigenvalue weighted by Crippen LogP contribution is -2.18. The zero-order valence-corrected chi connectivity index (χ0v) is 22.1. The molecular formula is C30H22F6N6. The molecule has 6 nitrogen and oxygen atoms in total. The Morgan fingerprint density at radius 2 is 1.62 bits per heavy atom. The van der Waals surface area contributed by atoms with Crippen molar-refractivity contribution in [3.63, 3.8) is 0 Å². The van der Waals surface area contributed by atoms with Crippen molar-refractivity contribution < 1.29 is 26.3 Å². The molecule has 214 valence electrons. The number of pyridine rings is 2. The molecule has 1 aliphatic rings. The number of nitrogens with one attached hydrogen (secondary N) is 1. The molecule has 1 N–H and O–H groups in total. The van der Waals surface area contributed by atoms with Crippen LogP contribution in [0.1, 0.15) is 24.0 Å². The third-order valence-corrected chi connectivity index (χ3v) is 7.16. The zero-order chi connectivity index (χ0) is 29.6. The highest BCUT2D eigenvalue weighted by Gasteiger charge is 2.34. The quantitative estimate of drug-likeness (QED) is 0.169. The van der Waals surface area contributed by atoms with Crippen LogP contribution in [0.25, 0.3) is 33.5 Å². The average molecular weight is 581 g/mol. The molecule has 1 fully saturated rings. The molecular weight excluding hydrogens is 558 g/mol. The van der Waals surface area contributed by atoms with Crippen LogP contribution in [0.3, 0.4) is 0 Å². The lowest BCUT2D eigenvalue weighted by atomic mass is 10.0. The van der Waals surface area contributed by atoms with Gasteiger partial charge in [-0.1, -0.05) is 6.07 Å². The molecule has 6 rings (SSSR count). The fraction of sp³-hybridized carbons (Fsp3) is 0.200. The normalized spacial score (nSPS) is 13.6. The molecule has 0 saturated carbocycles. The minimum atomic E-state index is -4.65. The van der Waals surface area contributed by atoms with E-state index in [9.17, 15) is 26.3 Å². The Bertz CT molecular complexity index is 1800. The number of rotatable bonds is 5. The van der Waals surface area contributed by atoms with Crippen LogP contribution >= 0.6 is 0 Å². The number of anilines is 3. The maximum atomic E-state index is 14.8.